The first kappa shape index (κ1) is 25.0. The van der Waals surface area contributed by atoms with Crippen LogP contribution >= 0.6 is 11.3 Å². The first-order valence-corrected chi connectivity index (χ1v) is 11.6. The van der Waals surface area contributed by atoms with Crippen LogP contribution < -0.4 is 10.1 Å². The molecule has 8 nitrogen and oxygen atoms in total. The first-order valence-electron chi connectivity index (χ1n) is 10.8. The molecule has 4 rings (SSSR count). The third-order valence-electron chi connectivity index (χ3n) is 5.13. The number of rotatable bonds is 7. The number of carbonyl (C=O) groups excluding carboxylic acids is 1. The highest BCUT2D eigenvalue weighted by atomic mass is 32.1. The Hall–Kier alpha value is -3.09. The molecule has 3 heterocycles. The van der Waals surface area contributed by atoms with Gasteiger partial charge in [0.15, 0.2) is 0 Å². The minimum atomic E-state index is -4.63. The van der Waals surface area contributed by atoms with Gasteiger partial charge in [-0.05, 0) is 32.0 Å². The summed E-state index contributed by atoms with van der Waals surface area (Å²) in [7, 11) is 0. The highest BCUT2D eigenvalue weighted by molar-refractivity contribution is 7.14. The summed E-state index contributed by atoms with van der Waals surface area (Å²) in [5.74, 6) is -1.21. The Morgan fingerprint density at radius 3 is 2.60 bits per heavy atom. The molecule has 186 valence electrons. The van der Waals surface area contributed by atoms with Gasteiger partial charge in [-0.1, -0.05) is 0 Å². The number of halogens is 3. The predicted octanol–water partition coefficient (Wildman–Crippen LogP) is 4.21. The van der Waals surface area contributed by atoms with Gasteiger partial charge in [-0.3, -0.25) is 4.79 Å². The molecule has 1 saturated heterocycles. The van der Waals surface area contributed by atoms with E-state index in [0.29, 0.717) is 42.3 Å². The fraction of sp³-hybridized carbons (Fsp3) is 0.391. The Bertz CT molecular complexity index is 1160. The van der Waals surface area contributed by atoms with Crippen LogP contribution in [0.25, 0.3) is 10.6 Å². The zero-order valence-corrected chi connectivity index (χ0v) is 19.8. The SMILES string of the molecule is Cc1cnc(-c2cc(OC[C@H]3COCCO3)cc(C(=O)NC(C)c3cnc(C(F)(F)F)nc3)c2)s1. The molecule has 35 heavy (non-hydrogen) atoms. The van der Waals surface area contributed by atoms with Crippen LogP contribution in [0.2, 0.25) is 0 Å². The summed E-state index contributed by atoms with van der Waals surface area (Å²) in [6, 6.07) is 4.45. The Morgan fingerprint density at radius 1 is 1.20 bits per heavy atom. The van der Waals surface area contributed by atoms with Crippen molar-refractivity contribution in [3.8, 4) is 16.3 Å². The van der Waals surface area contributed by atoms with Crippen molar-refractivity contribution in [1.29, 1.82) is 0 Å². The van der Waals surface area contributed by atoms with Crippen molar-refractivity contribution in [1.82, 2.24) is 20.3 Å². The molecule has 0 aliphatic carbocycles. The van der Waals surface area contributed by atoms with E-state index in [1.165, 1.54) is 11.3 Å². The van der Waals surface area contributed by atoms with E-state index in [1.54, 1.807) is 31.3 Å². The zero-order chi connectivity index (χ0) is 25.0. The number of nitrogens with zero attached hydrogens (tertiary/aromatic N) is 3. The third-order valence-corrected chi connectivity index (χ3v) is 6.09. The number of nitrogens with one attached hydrogen (secondary N) is 1. The third kappa shape index (κ3) is 6.53. The zero-order valence-electron chi connectivity index (χ0n) is 19.0. The van der Waals surface area contributed by atoms with Gasteiger partial charge in [0, 0.05) is 40.2 Å². The van der Waals surface area contributed by atoms with Gasteiger partial charge >= 0.3 is 6.18 Å². The normalized spacial score (nSPS) is 17.1. The van der Waals surface area contributed by atoms with E-state index >= 15 is 0 Å². The summed E-state index contributed by atoms with van der Waals surface area (Å²) in [5.41, 5.74) is 1.35. The Morgan fingerprint density at radius 2 is 1.97 bits per heavy atom. The summed E-state index contributed by atoms with van der Waals surface area (Å²) < 4.78 is 55.1. The quantitative estimate of drug-likeness (QED) is 0.511. The molecule has 1 aliphatic heterocycles. The lowest BCUT2D eigenvalue weighted by Gasteiger charge is -2.23. The molecule has 0 saturated carbocycles. The van der Waals surface area contributed by atoms with E-state index in [-0.39, 0.29) is 12.7 Å². The van der Waals surface area contributed by atoms with Crippen LogP contribution in [-0.4, -0.2) is 53.4 Å². The van der Waals surface area contributed by atoms with Crippen molar-refractivity contribution in [3.63, 3.8) is 0 Å². The minimum Gasteiger partial charge on any atom is -0.491 e. The molecule has 1 fully saturated rings. The molecular formula is C23H23F3N4O4S. The molecule has 2 aromatic heterocycles. The number of hydrogen-bond acceptors (Lipinski definition) is 8. The number of alkyl halides is 3. The molecule has 1 aromatic carbocycles. The monoisotopic (exact) mass is 508 g/mol. The van der Waals surface area contributed by atoms with Crippen LogP contribution in [0.15, 0.2) is 36.8 Å². The van der Waals surface area contributed by atoms with E-state index in [0.717, 1.165) is 22.3 Å². The van der Waals surface area contributed by atoms with Gasteiger partial charge in [-0.15, -0.1) is 11.3 Å². The molecule has 2 atom stereocenters. The maximum atomic E-state index is 13.1. The second-order valence-corrected chi connectivity index (χ2v) is 9.17. The minimum absolute atomic E-state index is 0.216. The Balaban J connectivity index is 1.52. The fourth-order valence-electron chi connectivity index (χ4n) is 3.32. The number of hydrogen-bond donors (Lipinski definition) is 1. The van der Waals surface area contributed by atoms with Crippen LogP contribution in [0.1, 0.15) is 39.6 Å². The summed E-state index contributed by atoms with van der Waals surface area (Å²) in [5, 5.41) is 3.50. The molecule has 12 heteroatoms. The van der Waals surface area contributed by atoms with Crippen LogP contribution in [-0.2, 0) is 15.7 Å². The number of carbonyl (C=O) groups is 1. The number of aryl methyl sites for hydroxylation is 1. The van der Waals surface area contributed by atoms with Crippen LogP contribution in [0.5, 0.6) is 5.75 Å². The van der Waals surface area contributed by atoms with E-state index in [9.17, 15) is 18.0 Å². The van der Waals surface area contributed by atoms with Crippen molar-refractivity contribution in [3.05, 3.63) is 58.6 Å². The van der Waals surface area contributed by atoms with Crippen molar-refractivity contribution < 1.29 is 32.2 Å². The van der Waals surface area contributed by atoms with Gasteiger partial charge in [0.25, 0.3) is 5.91 Å². The number of aromatic nitrogens is 3. The van der Waals surface area contributed by atoms with Gasteiger partial charge in [0.2, 0.25) is 5.82 Å². The number of thiazole rings is 1. The fourth-order valence-corrected chi connectivity index (χ4v) is 4.07. The van der Waals surface area contributed by atoms with Gasteiger partial charge in [-0.25, -0.2) is 15.0 Å². The van der Waals surface area contributed by atoms with E-state index < -0.39 is 23.9 Å². The first-order chi connectivity index (χ1) is 16.7. The molecule has 1 aliphatic rings. The molecule has 1 amide bonds. The summed E-state index contributed by atoms with van der Waals surface area (Å²) in [6.45, 7) is 5.28. The van der Waals surface area contributed by atoms with Crippen LogP contribution in [0.4, 0.5) is 13.2 Å². The second-order valence-electron chi connectivity index (χ2n) is 7.93. The van der Waals surface area contributed by atoms with Gasteiger partial charge in [0.05, 0.1) is 25.9 Å². The lowest BCUT2D eigenvalue weighted by molar-refractivity contribution is -0.145. The highest BCUT2D eigenvalue weighted by Crippen LogP contribution is 2.30. The average Bonchev–Trinajstić information content (AvgIpc) is 3.29. The van der Waals surface area contributed by atoms with E-state index in [1.807, 2.05) is 6.92 Å². The lowest BCUT2D eigenvalue weighted by atomic mass is 10.1. The van der Waals surface area contributed by atoms with Gasteiger partial charge in [0.1, 0.15) is 23.5 Å². The smallest absolute Gasteiger partial charge is 0.451 e. The van der Waals surface area contributed by atoms with Crippen molar-refractivity contribution in [2.45, 2.75) is 32.2 Å². The largest absolute Gasteiger partial charge is 0.491 e. The molecule has 1 unspecified atom stereocenters. The van der Waals surface area contributed by atoms with E-state index in [4.69, 9.17) is 14.2 Å². The Kier molecular flexibility index (Phi) is 7.63. The molecule has 3 aromatic rings. The maximum Gasteiger partial charge on any atom is 0.451 e. The number of amides is 1. The van der Waals surface area contributed by atoms with Crippen LogP contribution in [0.3, 0.4) is 0 Å². The van der Waals surface area contributed by atoms with Crippen molar-refractivity contribution in [2.75, 3.05) is 26.4 Å². The average molecular weight is 509 g/mol. The molecule has 0 spiro atoms. The van der Waals surface area contributed by atoms with Crippen LogP contribution in [0, 0.1) is 6.92 Å². The van der Waals surface area contributed by atoms with Crippen molar-refractivity contribution >= 4 is 17.2 Å². The number of ether oxygens (including phenoxy) is 3. The molecule has 0 bridgehead atoms. The van der Waals surface area contributed by atoms with E-state index in [2.05, 4.69) is 20.3 Å². The summed E-state index contributed by atoms with van der Waals surface area (Å²) in [6.07, 6.45) is -1.00. The molecule has 1 N–H and O–H groups in total. The standard InChI is InChI=1S/C23H23F3N4O4S/c1-13-8-27-21(35-13)16-5-15(6-18(7-16)34-12-19-11-32-3-4-33-19)20(31)30-14(2)17-9-28-22(29-10-17)23(24,25)26/h5-10,14,19H,3-4,11-12H2,1-2H3,(H,30,31)/t14?,19-/m1/s1. The topological polar surface area (TPSA) is 95.5 Å². The maximum absolute atomic E-state index is 13.1. The lowest BCUT2D eigenvalue weighted by Crippen LogP contribution is -2.33. The second kappa shape index (κ2) is 10.7. The van der Waals surface area contributed by atoms with Gasteiger partial charge in [-0.2, -0.15) is 13.2 Å². The summed E-state index contributed by atoms with van der Waals surface area (Å²) >= 11 is 1.48. The van der Waals surface area contributed by atoms with Gasteiger partial charge < -0.3 is 19.5 Å². The molecular weight excluding hydrogens is 485 g/mol. The number of benzene rings is 1. The highest BCUT2D eigenvalue weighted by Gasteiger charge is 2.34. The summed E-state index contributed by atoms with van der Waals surface area (Å²) in [4.78, 5) is 25.2. The Labute approximate surface area is 203 Å². The molecule has 0 radical (unpaired) electrons. The predicted molar refractivity (Wildman–Crippen MR) is 121 cm³/mol. The van der Waals surface area contributed by atoms with Crippen molar-refractivity contribution in [2.24, 2.45) is 0 Å².